The summed E-state index contributed by atoms with van der Waals surface area (Å²) in [6, 6.07) is 15.1. The molecule has 3 aromatic rings. The van der Waals surface area contributed by atoms with E-state index in [-0.39, 0.29) is 11.6 Å². The van der Waals surface area contributed by atoms with Crippen LogP contribution in [0.1, 0.15) is 18.4 Å². The number of halogens is 3. The molecular weight excluding hydrogens is 418 g/mol. The van der Waals surface area contributed by atoms with Crippen molar-refractivity contribution in [1.29, 1.82) is 0 Å². The predicted octanol–water partition coefficient (Wildman–Crippen LogP) is 5.40. The van der Waals surface area contributed by atoms with Crippen LogP contribution in [0.2, 0.25) is 5.02 Å². The molecule has 1 unspecified atom stereocenters. The Balaban J connectivity index is 1.17. The van der Waals surface area contributed by atoms with Crippen molar-refractivity contribution in [2.24, 2.45) is 11.8 Å². The van der Waals surface area contributed by atoms with Gasteiger partial charge in [-0.05, 0) is 72.7 Å². The van der Waals surface area contributed by atoms with E-state index in [1.54, 1.807) is 12.1 Å². The molecule has 7 heteroatoms. The summed E-state index contributed by atoms with van der Waals surface area (Å²) in [5.74, 6) is 1.48. The molecule has 0 radical (unpaired) electrons. The third-order valence-electron chi connectivity index (χ3n) is 6.34. The van der Waals surface area contributed by atoms with E-state index in [1.165, 1.54) is 24.3 Å². The van der Waals surface area contributed by atoms with Gasteiger partial charge >= 0.3 is 0 Å². The van der Waals surface area contributed by atoms with E-state index in [9.17, 15) is 8.78 Å². The number of nitrogens with one attached hydrogen (secondary N) is 1. The SMILES string of the molecule is Fc1cccc(CN2CC3C[C@@H](Nc4ccc(-c5cc(F)ccc5Cl)nn4)C[C@@H]3C2)c1. The molecule has 0 amide bonds. The fourth-order valence-electron chi connectivity index (χ4n) is 4.99. The summed E-state index contributed by atoms with van der Waals surface area (Å²) < 4.78 is 27.0. The van der Waals surface area contributed by atoms with E-state index < -0.39 is 0 Å². The molecule has 0 bridgehead atoms. The Hall–Kier alpha value is -2.57. The van der Waals surface area contributed by atoms with Crippen molar-refractivity contribution in [1.82, 2.24) is 15.1 Å². The van der Waals surface area contributed by atoms with Crippen LogP contribution < -0.4 is 5.32 Å². The molecule has 2 aromatic carbocycles. The van der Waals surface area contributed by atoms with E-state index in [2.05, 4.69) is 20.4 Å². The van der Waals surface area contributed by atoms with E-state index in [1.807, 2.05) is 18.2 Å². The van der Waals surface area contributed by atoms with Gasteiger partial charge in [-0.1, -0.05) is 23.7 Å². The van der Waals surface area contributed by atoms with Crippen molar-refractivity contribution in [2.75, 3.05) is 18.4 Å². The third kappa shape index (κ3) is 4.55. The first-order valence-corrected chi connectivity index (χ1v) is 10.9. The third-order valence-corrected chi connectivity index (χ3v) is 6.67. The van der Waals surface area contributed by atoms with Gasteiger partial charge in [0.2, 0.25) is 0 Å². The molecule has 31 heavy (non-hydrogen) atoms. The summed E-state index contributed by atoms with van der Waals surface area (Å²) in [4.78, 5) is 2.43. The fraction of sp³-hybridized carbons (Fsp3) is 0.333. The second-order valence-electron chi connectivity index (χ2n) is 8.58. The Morgan fingerprint density at radius 1 is 0.935 bits per heavy atom. The number of hydrogen-bond donors (Lipinski definition) is 1. The summed E-state index contributed by atoms with van der Waals surface area (Å²) >= 11 is 6.16. The Kier molecular flexibility index (Phi) is 5.59. The van der Waals surface area contributed by atoms with Crippen LogP contribution in [0.3, 0.4) is 0 Å². The van der Waals surface area contributed by atoms with Gasteiger partial charge in [-0.3, -0.25) is 4.90 Å². The zero-order chi connectivity index (χ0) is 21.4. The van der Waals surface area contributed by atoms with E-state index in [0.717, 1.165) is 43.9 Å². The summed E-state index contributed by atoms with van der Waals surface area (Å²) in [5.41, 5.74) is 2.12. The lowest BCUT2D eigenvalue weighted by Gasteiger charge is -2.20. The molecule has 2 fully saturated rings. The molecule has 4 nitrogen and oxygen atoms in total. The van der Waals surface area contributed by atoms with Crippen LogP contribution in [0.25, 0.3) is 11.3 Å². The van der Waals surface area contributed by atoms with Gasteiger partial charge in [0, 0.05) is 31.2 Å². The second kappa shape index (κ2) is 8.52. The van der Waals surface area contributed by atoms with Crippen LogP contribution >= 0.6 is 11.6 Å². The molecule has 1 aromatic heterocycles. The number of benzene rings is 2. The minimum atomic E-state index is -0.354. The Morgan fingerprint density at radius 2 is 1.71 bits per heavy atom. The zero-order valence-corrected chi connectivity index (χ0v) is 17.7. The number of aromatic nitrogens is 2. The summed E-state index contributed by atoms with van der Waals surface area (Å²) in [6.45, 7) is 2.89. The van der Waals surface area contributed by atoms with Gasteiger partial charge in [-0.2, -0.15) is 0 Å². The maximum atomic E-state index is 13.5. The van der Waals surface area contributed by atoms with Gasteiger partial charge < -0.3 is 5.32 Å². The van der Waals surface area contributed by atoms with E-state index in [0.29, 0.717) is 34.2 Å². The number of anilines is 1. The van der Waals surface area contributed by atoms with E-state index in [4.69, 9.17) is 11.6 Å². The highest BCUT2D eigenvalue weighted by Crippen LogP contribution is 2.39. The lowest BCUT2D eigenvalue weighted by atomic mass is 10.0. The van der Waals surface area contributed by atoms with Crippen LogP contribution in [0, 0.1) is 23.5 Å². The number of fused-ring (bicyclic) bond motifs is 1. The number of likely N-dealkylation sites (tertiary alicyclic amines) is 1. The normalized spacial score (nSPS) is 23.1. The van der Waals surface area contributed by atoms with Crippen molar-refractivity contribution in [3.63, 3.8) is 0 Å². The average molecular weight is 441 g/mol. The van der Waals surface area contributed by atoms with Crippen molar-refractivity contribution in [3.05, 3.63) is 76.8 Å². The molecule has 160 valence electrons. The van der Waals surface area contributed by atoms with Crippen LogP contribution in [0.5, 0.6) is 0 Å². The summed E-state index contributed by atoms with van der Waals surface area (Å²) in [5, 5.41) is 12.4. The number of nitrogens with zero attached hydrogens (tertiary/aromatic N) is 3. The highest BCUT2D eigenvalue weighted by molar-refractivity contribution is 6.33. The highest BCUT2D eigenvalue weighted by Gasteiger charge is 2.40. The van der Waals surface area contributed by atoms with Gasteiger partial charge in [0.1, 0.15) is 17.5 Å². The van der Waals surface area contributed by atoms with Crippen LogP contribution in [0.15, 0.2) is 54.6 Å². The smallest absolute Gasteiger partial charge is 0.148 e. The first-order valence-electron chi connectivity index (χ1n) is 10.6. The van der Waals surface area contributed by atoms with Crippen LogP contribution in [-0.2, 0) is 6.54 Å². The summed E-state index contributed by atoms with van der Waals surface area (Å²) in [7, 11) is 0. The van der Waals surface area contributed by atoms with E-state index >= 15 is 0 Å². The lowest BCUT2D eigenvalue weighted by molar-refractivity contribution is 0.300. The first-order chi connectivity index (χ1) is 15.0. The Morgan fingerprint density at radius 3 is 2.42 bits per heavy atom. The maximum absolute atomic E-state index is 13.5. The largest absolute Gasteiger partial charge is 0.366 e. The molecule has 1 aliphatic carbocycles. The van der Waals surface area contributed by atoms with Gasteiger partial charge in [0.05, 0.1) is 10.7 Å². The molecule has 1 aliphatic heterocycles. The topological polar surface area (TPSA) is 41.0 Å². The van der Waals surface area contributed by atoms with Crippen molar-refractivity contribution < 1.29 is 8.78 Å². The van der Waals surface area contributed by atoms with Gasteiger partial charge in [0.25, 0.3) is 0 Å². The zero-order valence-electron chi connectivity index (χ0n) is 16.9. The van der Waals surface area contributed by atoms with Gasteiger partial charge in [0.15, 0.2) is 0 Å². The minimum Gasteiger partial charge on any atom is -0.366 e. The average Bonchev–Trinajstić information content (AvgIpc) is 3.28. The van der Waals surface area contributed by atoms with Gasteiger partial charge in [-0.25, -0.2) is 8.78 Å². The Labute approximate surface area is 185 Å². The second-order valence-corrected chi connectivity index (χ2v) is 8.99. The molecule has 2 heterocycles. The van der Waals surface area contributed by atoms with Crippen LogP contribution in [0.4, 0.5) is 14.6 Å². The predicted molar refractivity (Wildman–Crippen MR) is 118 cm³/mol. The molecule has 2 aliphatic rings. The first kappa shape index (κ1) is 20.3. The minimum absolute atomic E-state index is 0.173. The lowest BCUT2D eigenvalue weighted by Crippen LogP contribution is -2.25. The number of rotatable bonds is 5. The van der Waals surface area contributed by atoms with Gasteiger partial charge in [-0.15, -0.1) is 10.2 Å². The van der Waals surface area contributed by atoms with Crippen molar-refractivity contribution in [2.45, 2.75) is 25.4 Å². The summed E-state index contributed by atoms with van der Waals surface area (Å²) in [6.07, 6.45) is 2.17. The standard InChI is InChI=1S/C24H23ClF2N4/c25-22-5-4-19(27)11-21(22)23-6-7-24(30-29-23)28-20-9-16-13-31(14-17(16)10-20)12-15-2-1-3-18(26)8-15/h1-8,11,16-17,20H,9-10,12-14H2,(H,28,30)/t16-,17?,20+/m1/s1. The highest BCUT2D eigenvalue weighted by atomic mass is 35.5. The monoisotopic (exact) mass is 440 g/mol. The van der Waals surface area contributed by atoms with Crippen molar-refractivity contribution in [3.8, 4) is 11.3 Å². The molecule has 3 atom stereocenters. The maximum Gasteiger partial charge on any atom is 0.148 e. The number of hydrogen-bond acceptors (Lipinski definition) is 4. The molecule has 0 spiro atoms. The molecule has 1 saturated carbocycles. The Bertz CT molecular complexity index is 1060. The quantitative estimate of drug-likeness (QED) is 0.577. The molecule has 1 N–H and O–H groups in total. The van der Waals surface area contributed by atoms with Crippen molar-refractivity contribution >= 4 is 17.4 Å². The molecule has 5 rings (SSSR count). The molecular formula is C24H23ClF2N4. The fourth-order valence-corrected chi connectivity index (χ4v) is 5.21. The van der Waals surface area contributed by atoms with Crippen LogP contribution in [-0.4, -0.2) is 34.2 Å². The molecule has 1 saturated heterocycles.